The van der Waals surface area contributed by atoms with E-state index < -0.39 is 11.8 Å². The van der Waals surface area contributed by atoms with Crippen LogP contribution in [-0.4, -0.2) is 38.4 Å². The summed E-state index contributed by atoms with van der Waals surface area (Å²) in [7, 11) is 1.58. The van der Waals surface area contributed by atoms with E-state index in [0.29, 0.717) is 36.0 Å². The highest BCUT2D eigenvalue weighted by atomic mass is 16.6. The van der Waals surface area contributed by atoms with Crippen molar-refractivity contribution in [3.63, 3.8) is 0 Å². The Morgan fingerprint density at radius 2 is 1.79 bits per heavy atom. The molecule has 146 valence electrons. The molecule has 8 heteroatoms. The second kappa shape index (κ2) is 8.90. The van der Waals surface area contributed by atoms with E-state index in [0.717, 1.165) is 5.56 Å². The van der Waals surface area contributed by atoms with Gasteiger partial charge in [0, 0.05) is 0 Å². The van der Waals surface area contributed by atoms with Gasteiger partial charge in [-0.15, -0.1) is 0 Å². The molecule has 0 aliphatic carbocycles. The van der Waals surface area contributed by atoms with Crippen molar-refractivity contribution >= 4 is 18.0 Å². The molecule has 0 spiro atoms. The van der Waals surface area contributed by atoms with Gasteiger partial charge in [0.05, 0.1) is 19.4 Å². The van der Waals surface area contributed by atoms with E-state index in [9.17, 15) is 9.59 Å². The number of hydrazone groups is 1. The van der Waals surface area contributed by atoms with Gasteiger partial charge >= 0.3 is 11.8 Å². The van der Waals surface area contributed by atoms with Crippen LogP contribution in [0.1, 0.15) is 24.1 Å². The molecule has 1 atom stereocenters. The predicted molar refractivity (Wildman–Crippen MR) is 103 cm³/mol. The highest BCUT2D eigenvalue weighted by molar-refractivity contribution is 6.35. The van der Waals surface area contributed by atoms with E-state index in [2.05, 4.69) is 15.8 Å². The Kier molecular flexibility index (Phi) is 6.11. The largest absolute Gasteiger partial charge is 0.497 e. The molecule has 2 amide bonds. The molecule has 2 N–H and O–H groups in total. The van der Waals surface area contributed by atoms with Gasteiger partial charge in [0.1, 0.15) is 19.0 Å². The van der Waals surface area contributed by atoms with Crippen molar-refractivity contribution in [3.05, 3.63) is 53.6 Å². The van der Waals surface area contributed by atoms with Crippen LogP contribution in [0.5, 0.6) is 17.2 Å². The minimum absolute atomic E-state index is 0.342. The normalized spacial score (nSPS) is 13.6. The van der Waals surface area contributed by atoms with E-state index in [1.807, 2.05) is 12.1 Å². The van der Waals surface area contributed by atoms with Crippen molar-refractivity contribution in [2.45, 2.75) is 13.0 Å². The number of amides is 2. The molecule has 0 aromatic heterocycles. The van der Waals surface area contributed by atoms with Crippen LogP contribution >= 0.6 is 0 Å². The van der Waals surface area contributed by atoms with Crippen LogP contribution < -0.4 is 25.0 Å². The molecule has 2 aromatic rings. The van der Waals surface area contributed by atoms with Crippen molar-refractivity contribution in [2.24, 2.45) is 5.10 Å². The average molecular weight is 383 g/mol. The number of hydrogen-bond donors (Lipinski definition) is 2. The molecule has 1 aliphatic heterocycles. The van der Waals surface area contributed by atoms with Gasteiger partial charge < -0.3 is 19.5 Å². The number of nitrogens with one attached hydrogen (secondary N) is 2. The summed E-state index contributed by atoms with van der Waals surface area (Å²) in [6.07, 6.45) is 1.43. The Labute approximate surface area is 162 Å². The van der Waals surface area contributed by atoms with E-state index in [4.69, 9.17) is 14.2 Å². The fourth-order valence-electron chi connectivity index (χ4n) is 2.59. The Morgan fingerprint density at radius 1 is 1.07 bits per heavy atom. The summed E-state index contributed by atoms with van der Waals surface area (Å²) < 4.78 is 16.0. The zero-order valence-corrected chi connectivity index (χ0v) is 15.6. The lowest BCUT2D eigenvalue weighted by atomic mass is 10.1. The van der Waals surface area contributed by atoms with Crippen molar-refractivity contribution < 1.29 is 23.8 Å². The lowest BCUT2D eigenvalue weighted by Gasteiger charge is -2.18. The van der Waals surface area contributed by atoms with Gasteiger partial charge in [-0.05, 0) is 48.4 Å². The molecule has 2 aromatic carbocycles. The van der Waals surface area contributed by atoms with Gasteiger partial charge in [-0.1, -0.05) is 12.1 Å². The highest BCUT2D eigenvalue weighted by Gasteiger charge is 2.17. The number of hydrogen-bond acceptors (Lipinski definition) is 6. The molecule has 1 heterocycles. The Hall–Kier alpha value is -3.55. The molecule has 0 unspecified atom stereocenters. The van der Waals surface area contributed by atoms with E-state index in [-0.39, 0.29) is 6.04 Å². The van der Waals surface area contributed by atoms with Crippen LogP contribution in [0.4, 0.5) is 0 Å². The lowest BCUT2D eigenvalue weighted by Crippen LogP contribution is -2.39. The summed E-state index contributed by atoms with van der Waals surface area (Å²) in [6, 6.07) is 12.2. The fraction of sp³-hybridized carbons (Fsp3) is 0.250. The monoisotopic (exact) mass is 383 g/mol. The Morgan fingerprint density at radius 3 is 2.50 bits per heavy atom. The fourth-order valence-corrected chi connectivity index (χ4v) is 2.59. The molecule has 0 radical (unpaired) electrons. The molecule has 28 heavy (non-hydrogen) atoms. The molecular weight excluding hydrogens is 362 g/mol. The summed E-state index contributed by atoms with van der Waals surface area (Å²) >= 11 is 0. The zero-order chi connectivity index (χ0) is 19.9. The van der Waals surface area contributed by atoms with Crippen LogP contribution in [0.2, 0.25) is 0 Å². The first-order valence-corrected chi connectivity index (χ1v) is 8.74. The third-order valence-electron chi connectivity index (χ3n) is 4.12. The number of nitrogens with zero attached hydrogens (tertiary/aromatic N) is 1. The number of fused-ring (bicyclic) bond motifs is 1. The molecular formula is C20H21N3O5. The number of carbonyl (C=O) groups is 2. The average Bonchev–Trinajstić information content (AvgIpc) is 2.73. The Bertz CT molecular complexity index is 880. The van der Waals surface area contributed by atoms with Crippen LogP contribution in [0.3, 0.4) is 0 Å². The lowest BCUT2D eigenvalue weighted by molar-refractivity contribution is -0.139. The van der Waals surface area contributed by atoms with Gasteiger partial charge in [-0.2, -0.15) is 5.10 Å². The summed E-state index contributed by atoms with van der Waals surface area (Å²) in [5.74, 6) is 0.372. The smallest absolute Gasteiger partial charge is 0.329 e. The minimum Gasteiger partial charge on any atom is -0.497 e. The summed E-state index contributed by atoms with van der Waals surface area (Å²) in [5.41, 5.74) is 3.77. The van der Waals surface area contributed by atoms with Crippen molar-refractivity contribution in [2.75, 3.05) is 20.3 Å². The molecule has 8 nitrogen and oxygen atoms in total. The van der Waals surface area contributed by atoms with Gasteiger partial charge in [0.25, 0.3) is 0 Å². The second-order valence-electron chi connectivity index (χ2n) is 6.07. The number of methoxy groups -OCH3 is 1. The van der Waals surface area contributed by atoms with Gasteiger partial charge in [0.2, 0.25) is 0 Å². The van der Waals surface area contributed by atoms with Crippen LogP contribution in [0.15, 0.2) is 47.6 Å². The third-order valence-corrected chi connectivity index (χ3v) is 4.12. The second-order valence-corrected chi connectivity index (χ2v) is 6.07. The number of benzene rings is 2. The summed E-state index contributed by atoms with van der Waals surface area (Å²) in [6.45, 7) is 2.78. The van der Waals surface area contributed by atoms with E-state index >= 15 is 0 Å². The first-order valence-electron chi connectivity index (χ1n) is 8.74. The quantitative estimate of drug-likeness (QED) is 0.466. The maximum atomic E-state index is 12.0. The van der Waals surface area contributed by atoms with Crippen LogP contribution in [0.25, 0.3) is 0 Å². The van der Waals surface area contributed by atoms with E-state index in [1.54, 1.807) is 44.4 Å². The molecule has 0 bridgehead atoms. The molecule has 0 saturated heterocycles. The standard InChI is InChI=1S/C20H21N3O5/c1-13(15-4-6-16(26-2)7-5-15)22-19(24)20(25)23-21-12-14-3-8-17-18(11-14)28-10-9-27-17/h3-8,11-13H,9-10H2,1-2H3,(H,22,24)(H,23,25)/b21-12-/t13-/m0/s1. The summed E-state index contributed by atoms with van der Waals surface area (Å²) in [5, 5.41) is 6.44. The minimum atomic E-state index is -0.853. The van der Waals surface area contributed by atoms with Gasteiger partial charge in [0.15, 0.2) is 11.5 Å². The van der Waals surface area contributed by atoms with Crippen molar-refractivity contribution in [1.82, 2.24) is 10.7 Å². The molecule has 1 aliphatic rings. The Balaban J connectivity index is 1.52. The van der Waals surface area contributed by atoms with Crippen LogP contribution in [-0.2, 0) is 9.59 Å². The van der Waals surface area contributed by atoms with Crippen molar-refractivity contribution in [1.29, 1.82) is 0 Å². The maximum absolute atomic E-state index is 12.0. The molecule has 3 rings (SSSR count). The topological polar surface area (TPSA) is 98.2 Å². The number of ether oxygens (including phenoxy) is 3. The third kappa shape index (κ3) is 4.79. The SMILES string of the molecule is COc1ccc([C@H](C)NC(=O)C(=O)N/N=C\c2ccc3c(c2)OCCO3)cc1. The highest BCUT2D eigenvalue weighted by Crippen LogP contribution is 2.30. The first-order chi connectivity index (χ1) is 13.6. The molecule has 0 fully saturated rings. The van der Waals surface area contributed by atoms with Crippen LogP contribution in [0, 0.1) is 0 Å². The molecule has 0 saturated carbocycles. The number of carbonyl (C=O) groups excluding carboxylic acids is 2. The first kappa shape index (κ1) is 19.2. The van der Waals surface area contributed by atoms with Gasteiger partial charge in [-0.3, -0.25) is 9.59 Å². The van der Waals surface area contributed by atoms with Crippen molar-refractivity contribution in [3.8, 4) is 17.2 Å². The zero-order valence-electron chi connectivity index (χ0n) is 15.6. The predicted octanol–water partition coefficient (Wildman–Crippen LogP) is 1.79. The maximum Gasteiger partial charge on any atom is 0.329 e. The number of rotatable bonds is 5. The van der Waals surface area contributed by atoms with E-state index in [1.165, 1.54) is 6.21 Å². The summed E-state index contributed by atoms with van der Waals surface area (Å²) in [4.78, 5) is 24.0. The van der Waals surface area contributed by atoms with Gasteiger partial charge in [-0.25, -0.2) is 5.43 Å².